The Morgan fingerprint density at radius 1 is 1.58 bits per heavy atom. The summed E-state index contributed by atoms with van der Waals surface area (Å²) in [5, 5.41) is 4.88. The molecule has 0 atom stereocenters. The van der Waals surface area contributed by atoms with Gasteiger partial charge in [0.2, 0.25) is 10.0 Å². The van der Waals surface area contributed by atoms with E-state index in [9.17, 15) is 8.42 Å². The van der Waals surface area contributed by atoms with Crippen molar-refractivity contribution >= 4 is 10.0 Å². The summed E-state index contributed by atoms with van der Waals surface area (Å²) in [5.41, 5.74) is 1.35. The Morgan fingerprint density at radius 3 is 2.75 bits per heavy atom. The number of pyridine rings is 1. The molecule has 0 aliphatic carbocycles. The minimum atomic E-state index is -3.44. The molecule has 0 amide bonds. The van der Waals surface area contributed by atoms with Crippen molar-refractivity contribution in [3.05, 3.63) is 29.6 Å². The van der Waals surface area contributed by atoms with Crippen molar-refractivity contribution in [1.29, 1.82) is 0 Å². The Balaban J connectivity index is 2.98. The highest BCUT2D eigenvalue weighted by Gasteiger charge is 2.06. The lowest BCUT2D eigenvalue weighted by atomic mass is 10.2. The van der Waals surface area contributed by atoms with Gasteiger partial charge < -0.3 is 0 Å². The van der Waals surface area contributed by atoms with Crippen molar-refractivity contribution in [3.8, 4) is 0 Å². The monoisotopic (exact) mass is 186 g/mol. The number of aryl methyl sites for hydroxylation is 1. The molecular weight excluding hydrogens is 176 g/mol. The van der Waals surface area contributed by atoms with Gasteiger partial charge in [-0.3, -0.25) is 4.98 Å². The zero-order chi connectivity index (χ0) is 9.19. The molecule has 4 nitrogen and oxygen atoms in total. The Hall–Kier alpha value is -0.940. The first-order valence-corrected chi connectivity index (χ1v) is 5.11. The molecule has 1 rings (SSSR count). The van der Waals surface area contributed by atoms with Crippen molar-refractivity contribution in [3.63, 3.8) is 0 Å². The summed E-state index contributed by atoms with van der Waals surface area (Å²) in [6.45, 7) is 1.75. The van der Waals surface area contributed by atoms with Crippen LogP contribution in [0.3, 0.4) is 0 Å². The highest BCUT2D eigenvalue weighted by atomic mass is 32.2. The second kappa shape index (κ2) is 3.20. The molecule has 2 N–H and O–H groups in total. The van der Waals surface area contributed by atoms with Crippen LogP contribution < -0.4 is 5.14 Å². The van der Waals surface area contributed by atoms with E-state index in [0.717, 1.165) is 0 Å². The van der Waals surface area contributed by atoms with Crippen LogP contribution >= 0.6 is 0 Å². The first kappa shape index (κ1) is 9.15. The predicted octanol–water partition coefficient (Wildman–Crippen LogP) is 0.179. The molecule has 0 saturated heterocycles. The predicted molar refractivity (Wildman–Crippen MR) is 45.8 cm³/mol. The fourth-order valence-electron chi connectivity index (χ4n) is 0.887. The van der Waals surface area contributed by atoms with E-state index < -0.39 is 10.0 Å². The summed E-state index contributed by atoms with van der Waals surface area (Å²) < 4.78 is 21.4. The van der Waals surface area contributed by atoms with Gasteiger partial charge in [-0.25, -0.2) is 13.6 Å². The lowest BCUT2D eigenvalue weighted by Gasteiger charge is -2.01. The van der Waals surface area contributed by atoms with Crippen molar-refractivity contribution in [2.45, 2.75) is 12.7 Å². The number of aromatic nitrogens is 1. The molecule has 66 valence electrons. The van der Waals surface area contributed by atoms with Gasteiger partial charge in [-0.15, -0.1) is 0 Å². The van der Waals surface area contributed by atoms with Crippen LogP contribution in [0.4, 0.5) is 0 Å². The standard InChI is InChI=1S/C7H10N2O2S/c1-6-7(3-2-4-9-6)5-12(8,10)11/h2-4H,5H2,1H3,(H2,8,10,11). The van der Waals surface area contributed by atoms with Gasteiger partial charge >= 0.3 is 0 Å². The highest BCUT2D eigenvalue weighted by molar-refractivity contribution is 7.88. The molecule has 0 spiro atoms. The molecule has 5 heteroatoms. The quantitative estimate of drug-likeness (QED) is 0.716. The summed E-state index contributed by atoms with van der Waals surface area (Å²) in [4.78, 5) is 3.94. The minimum Gasteiger partial charge on any atom is -0.261 e. The average molecular weight is 186 g/mol. The van der Waals surface area contributed by atoms with Crippen LogP contribution in [0.5, 0.6) is 0 Å². The minimum absolute atomic E-state index is 0.146. The second-order valence-corrected chi connectivity index (χ2v) is 4.17. The van der Waals surface area contributed by atoms with Crippen LogP contribution in [-0.4, -0.2) is 13.4 Å². The molecule has 0 aromatic carbocycles. The van der Waals surface area contributed by atoms with Crippen LogP contribution in [-0.2, 0) is 15.8 Å². The molecular formula is C7H10N2O2S. The van der Waals surface area contributed by atoms with E-state index in [-0.39, 0.29) is 5.75 Å². The van der Waals surface area contributed by atoms with Gasteiger partial charge in [0.1, 0.15) is 0 Å². The van der Waals surface area contributed by atoms with Gasteiger partial charge in [-0.2, -0.15) is 0 Å². The van der Waals surface area contributed by atoms with Crippen LogP contribution in [0.1, 0.15) is 11.3 Å². The van der Waals surface area contributed by atoms with Gasteiger partial charge in [0, 0.05) is 11.9 Å². The third-order valence-corrected chi connectivity index (χ3v) is 2.19. The smallest absolute Gasteiger partial charge is 0.213 e. The van der Waals surface area contributed by atoms with Gasteiger partial charge in [-0.05, 0) is 18.6 Å². The van der Waals surface area contributed by atoms with E-state index in [4.69, 9.17) is 5.14 Å². The SMILES string of the molecule is Cc1ncccc1CS(N)(=O)=O. The Bertz CT molecular complexity index is 373. The maximum atomic E-state index is 10.7. The number of nitrogens with zero attached hydrogens (tertiary/aromatic N) is 1. The number of hydrogen-bond donors (Lipinski definition) is 1. The fraction of sp³-hybridized carbons (Fsp3) is 0.286. The van der Waals surface area contributed by atoms with E-state index >= 15 is 0 Å². The topological polar surface area (TPSA) is 73.0 Å². The van der Waals surface area contributed by atoms with Gasteiger partial charge in [0.05, 0.1) is 5.75 Å². The Morgan fingerprint density at radius 2 is 2.25 bits per heavy atom. The number of sulfonamides is 1. The number of rotatable bonds is 2. The Kier molecular flexibility index (Phi) is 2.44. The summed E-state index contributed by atoms with van der Waals surface area (Å²) in [7, 11) is -3.44. The maximum Gasteiger partial charge on any atom is 0.213 e. The molecule has 0 aliphatic rings. The first-order valence-electron chi connectivity index (χ1n) is 3.40. The van der Waals surface area contributed by atoms with Gasteiger partial charge in [0.25, 0.3) is 0 Å². The molecule has 0 radical (unpaired) electrons. The van der Waals surface area contributed by atoms with Crippen LogP contribution in [0.2, 0.25) is 0 Å². The lowest BCUT2D eigenvalue weighted by Crippen LogP contribution is -2.15. The lowest BCUT2D eigenvalue weighted by molar-refractivity contribution is 0.596. The van der Waals surface area contributed by atoms with Crippen molar-refractivity contribution in [2.75, 3.05) is 0 Å². The third kappa shape index (κ3) is 2.60. The highest BCUT2D eigenvalue weighted by Crippen LogP contribution is 2.06. The zero-order valence-corrected chi connectivity index (χ0v) is 7.50. The van der Waals surface area contributed by atoms with E-state index in [2.05, 4.69) is 4.98 Å². The maximum absolute atomic E-state index is 10.7. The van der Waals surface area contributed by atoms with E-state index in [0.29, 0.717) is 11.3 Å². The van der Waals surface area contributed by atoms with Crippen molar-refractivity contribution in [1.82, 2.24) is 4.98 Å². The average Bonchev–Trinajstić information content (AvgIpc) is 1.91. The number of primary sulfonamides is 1. The normalized spacial score (nSPS) is 11.5. The van der Waals surface area contributed by atoms with Crippen LogP contribution in [0.25, 0.3) is 0 Å². The number of hydrogen-bond acceptors (Lipinski definition) is 3. The molecule has 0 fully saturated rings. The molecule has 0 saturated carbocycles. The molecule has 12 heavy (non-hydrogen) atoms. The molecule has 1 heterocycles. The summed E-state index contributed by atoms with van der Waals surface area (Å²) in [5.74, 6) is -0.146. The molecule has 1 aromatic heterocycles. The molecule has 0 bridgehead atoms. The van der Waals surface area contributed by atoms with Crippen molar-refractivity contribution in [2.24, 2.45) is 5.14 Å². The molecule has 1 aromatic rings. The van der Waals surface area contributed by atoms with E-state index in [1.54, 1.807) is 25.3 Å². The molecule has 0 aliphatic heterocycles. The first-order chi connectivity index (χ1) is 5.49. The largest absolute Gasteiger partial charge is 0.261 e. The Labute approximate surface area is 71.5 Å². The van der Waals surface area contributed by atoms with Gasteiger partial charge in [-0.1, -0.05) is 6.07 Å². The van der Waals surface area contributed by atoms with E-state index in [1.165, 1.54) is 0 Å². The summed E-state index contributed by atoms with van der Waals surface area (Å²) in [6.07, 6.45) is 1.61. The fourth-order valence-corrected chi connectivity index (χ4v) is 1.63. The van der Waals surface area contributed by atoms with Crippen molar-refractivity contribution < 1.29 is 8.42 Å². The summed E-state index contributed by atoms with van der Waals surface area (Å²) >= 11 is 0. The van der Waals surface area contributed by atoms with E-state index in [1.807, 2.05) is 0 Å². The van der Waals surface area contributed by atoms with Crippen LogP contribution in [0.15, 0.2) is 18.3 Å². The summed E-state index contributed by atoms with van der Waals surface area (Å²) in [6, 6.07) is 3.39. The zero-order valence-electron chi connectivity index (χ0n) is 6.69. The number of nitrogens with two attached hydrogens (primary N) is 1. The van der Waals surface area contributed by atoms with Crippen LogP contribution in [0, 0.1) is 6.92 Å². The second-order valence-electron chi connectivity index (χ2n) is 2.56. The molecule has 0 unspecified atom stereocenters. The van der Waals surface area contributed by atoms with Gasteiger partial charge in [0.15, 0.2) is 0 Å². The third-order valence-electron chi connectivity index (χ3n) is 1.47.